The highest BCUT2D eigenvalue weighted by molar-refractivity contribution is 7.10. The standard InChI is InChI=1S/C15H12Cl3NOS/c16-10-5-3-9(4-6-10)13(12-2-1-7-21-12)19-14(20)11-8-15(11,17)18/h1-7,11,13H,8H2,(H,19,20). The van der Waals surface area contributed by atoms with Crippen molar-refractivity contribution in [1.82, 2.24) is 5.32 Å². The van der Waals surface area contributed by atoms with Gasteiger partial charge in [0, 0.05) is 9.90 Å². The molecule has 0 aliphatic heterocycles. The molecule has 6 heteroatoms. The first-order valence-electron chi connectivity index (χ1n) is 6.44. The van der Waals surface area contributed by atoms with Crippen molar-refractivity contribution >= 4 is 52.0 Å². The number of halogens is 3. The van der Waals surface area contributed by atoms with Crippen molar-refractivity contribution in [2.24, 2.45) is 5.92 Å². The maximum Gasteiger partial charge on any atom is 0.227 e. The van der Waals surface area contributed by atoms with E-state index in [4.69, 9.17) is 34.8 Å². The summed E-state index contributed by atoms with van der Waals surface area (Å²) in [4.78, 5) is 13.3. The molecule has 2 atom stereocenters. The fourth-order valence-electron chi connectivity index (χ4n) is 2.17. The minimum Gasteiger partial charge on any atom is -0.344 e. The minimum absolute atomic E-state index is 0.117. The molecule has 1 aromatic carbocycles. The number of thiophene rings is 1. The predicted molar refractivity (Wildman–Crippen MR) is 88.3 cm³/mol. The molecule has 110 valence electrons. The highest BCUT2D eigenvalue weighted by Gasteiger charge is 2.56. The summed E-state index contributed by atoms with van der Waals surface area (Å²) in [5, 5.41) is 5.68. The van der Waals surface area contributed by atoms with Crippen LogP contribution in [-0.2, 0) is 4.79 Å². The van der Waals surface area contributed by atoms with Crippen LogP contribution in [-0.4, -0.2) is 10.2 Å². The number of benzene rings is 1. The van der Waals surface area contributed by atoms with E-state index in [-0.39, 0.29) is 17.9 Å². The second-order valence-electron chi connectivity index (χ2n) is 5.03. The molecule has 1 aliphatic rings. The van der Waals surface area contributed by atoms with Gasteiger partial charge in [0.2, 0.25) is 5.91 Å². The summed E-state index contributed by atoms with van der Waals surface area (Å²) in [6.45, 7) is 0. The zero-order valence-electron chi connectivity index (χ0n) is 10.9. The zero-order chi connectivity index (χ0) is 15.0. The van der Waals surface area contributed by atoms with Gasteiger partial charge in [0.15, 0.2) is 0 Å². The van der Waals surface area contributed by atoms with E-state index in [2.05, 4.69) is 5.32 Å². The van der Waals surface area contributed by atoms with Crippen LogP contribution in [0.25, 0.3) is 0 Å². The smallest absolute Gasteiger partial charge is 0.227 e. The van der Waals surface area contributed by atoms with Gasteiger partial charge in [-0.05, 0) is 35.6 Å². The van der Waals surface area contributed by atoms with Crippen LogP contribution in [0.4, 0.5) is 0 Å². The Bertz CT molecular complexity index is 639. The number of alkyl halides is 2. The number of hydrogen-bond acceptors (Lipinski definition) is 2. The van der Waals surface area contributed by atoms with E-state index in [1.54, 1.807) is 11.3 Å². The van der Waals surface area contributed by atoms with Crippen molar-refractivity contribution in [2.45, 2.75) is 16.8 Å². The topological polar surface area (TPSA) is 29.1 Å². The number of carbonyl (C=O) groups is 1. The van der Waals surface area contributed by atoms with Crippen LogP contribution in [0.1, 0.15) is 22.9 Å². The molecule has 1 fully saturated rings. The van der Waals surface area contributed by atoms with Gasteiger partial charge >= 0.3 is 0 Å². The number of rotatable bonds is 4. The van der Waals surface area contributed by atoms with Crippen molar-refractivity contribution in [3.63, 3.8) is 0 Å². The molecule has 0 spiro atoms. The Morgan fingerprint density at radius 1 is 1.29 bits per heavy atom. The van der Waals surface area contributed by atoms with Crippen LogP contribution in [0.2, 0.25) is 5.02 Å². The zero-order valence-corrected chi connectivity index (χ0v) is 13.9. The maximum atomic E-state index is 12.3. The fourth-order valence-corrected chi connectivity index (χ4v) is 3.61. The Morgan fingerprint density at radius 2 is 1.95 bits per heavy atom. The summed E-state index contributed by atoms with van der Waals surface area (Å²) >= 11 is 19.4. The lowest BCUT2D eigenvalue weighted by Gasteiger charge is -2.18. The molecule has 1 N–H and O–H groups in total. The van der Waals surface area contributed by atoms with Gasteiger partial charge in [-0.2, -0.15) is 0 Å². The third kappa shape index (κ3) is 3.37. The van der Waals surface area contributed by atoms with Crippen molar-refractivity contribution in [3.8, 4) is 0 Å². The fraction of sp³-hybridized carbons (Fsp3) is 0.267. The van der Waals surface area contributed by atoms with Crippen LogP contribution < -0.4 is 5.32 Å². The van der Waals surface area contributed by atoms with Crippen molar-refractivity contribution < 1.29 is 4.79 Å². The van der Waals surface area contributed by atoms with E-state index in [9.17, 15) is 4.79 Å². The quantitative estimate of drug-likeness (QED) is 0.780. The highest BCUT2D eigenvalue weighted by atomic mass is 35.5. The number of carbonyl (C=O) groups excluding carboxylic acids is 1. The molecule has 0 saturated heterocycles. The molecule has 1 heterocycles. The number of hydrogen-bond donors (Lipinski definition) is 1. The Hall–Kier alpha value is -0.740. The summed E-state index contributed by atoms with van der Waals surface area (Å²) in [6, 6.07) is 11.2. The molecule has 1 saturated carbocycles. The van der Waals surface area contributed by atoms with Crippen LogP contribution in [0.15, 0.2) is 41.8 Å². The van der Waals surface area contributed by atoms with Crippen LogP contribution in [0, 0.1) is 5.92 Å². The van der Waals surface area contributed by atoms with Gasteiger partial charge < -0.3 is 5.32 Å². The normalized spacial score (nSPS) is 20.8. The van der Waals surface area contributed by atoms with Gasteiger partial charge in [0.25, 0.3) is 0 Å². The first-order valence-corrected chi connectivity index (χ1v) is 8.46. The summed E-state index contributed by atoms with van der Waals surface area (Å²) in [5.74, 6) is -0.455. The monoisotopic (exact) mass is 359 g/mol. The minimum atomic E-state index is -0.913. The van der Waals surface area contributed by atoms with E-state index in [1.807, 2.05) is 41.8 Å². The molecule has 1 amide bonds. The number of nitrogens with one attached hydrogen (secondary N) is 1. The molecule has 2 unspecified atom stereocenters. The summed E-state index contributed by atoms with van der Waals surface area (Å²) in [6.07, 6.45) is 0.500. The van der Waals surface area contributed by atoms with Gasteiger partial charge in [-0.3, -0.25) is 4.79 Å². The average molecular weight is 361 g/mol. The van der Waals surface area contributed by atoms with Gasteiger partial charge in [-0.25, -0.2) is 0 Å². The summed E-state index contributed by atoms with van der Waals surface area (Å²) in [7, 11) is 0. The molecular weight excluding hydrogens is 349 g/mol. The second-order valence-corrected chi connectivity index (χ2v) is 7.98. The van der Waals surface area contributed by atoms with Gasteiger partial charge in [0.1, 0.15) is 4.33 Å². The Balaban J connectivity index is 1.83. The van der Waals surface area contributed by atoms with Crippen LogP contribution in [0.5, 0.6) is 0 Å². The van der Waals surface area contributed by atoms with E-state index in [0.717, 1.165) is 10.4 Å². The molecule has 2 nitrogen and oxygen atoms in total. The molecule has 0 bridgehead atoms. The Morgan fingerprint density at radius 3 is 2.48 bits per heavy atom. The second kappa shape index (κ2) is 5.81. The molecule has 0 radical (unpaired) electrons. The molecule has 1 aliphatic carbocycles. The van der Waals surface area contributed by atoms with E-state index in [1.165, 1.54) is 0 Å². The van der Waals surface area contributed by atoms with Crippen molar-refractivity contribution in [3.05, 3.63) is 57.2 Å². The highest BCUT2D eigenvalue weighted by Crippen LogP contribution is 2.53. The van der Waals surface area contributed by atoms with E-state index >= 15 is 0 Å². The molecule has 1 aromatic heterocycles. The van der Waals surface area contributed by atoms with Crippen molar-refractivity contribution in [2.75, 3.05) is 0 Å². The third-order valence-corrected chi connectivity index (χ3v) is 5.48. The molecular formula is C15H12Cl3NOS. The van der Waals surface area contributed by atoms with Gasteiger partial charge in [-0.15, -0.1) is 34.5 Å². The van der Waals surface area contributed by atoms with E-state index in [0.29, 0.717) is 11.4 Å². The van der Waals surface area contributed by atoms with Crippen LogP contribution >= 0.6 is 46.1 Å². The summed E-state index contributed by atoms with van der Waals surface area (Å²) in [5.41, 5.74) is 0.977. The summed E-state index contributed by atoms with van der Waals surface area (Å²) < 4.78 is -0.913. The van der Waals surface area contributed by atoms with Gasteiger partial charge in [-0.1, -0.05) is 29.8 Å². The Kier molecular flexibility index (Phi) is 4.19. The Labute approximate surface area is 142 Å². The predicted octanol–water partition coefficient (Wildman–Crippen LogP) is 4.80. The van der Waals surface area contributed by atoms with Gasteiger partial charge in [0.05, 0.1) is 12.0 Å². The SMILES string of the molecule is O=C(NC(c1ccc(Cl)cc1)c1cccs1)C1CC1(Cl)Cl. The lowest BCUT2D eigenvalue weighted by Crippen LogP contribution is -2.31. The van der Waals surface area contributed by atoms with E-state index < -0.39 is 4.33 Å². The average Bonchev–Trinajstić information content (AvgIpc) is 2.88. The lowest BCUT2D eigenvalue weighted by molar-refractivity contribution is -0.122. The molecule has 21 heavy (non-hydrogen) atoms. The van der Waals surface area contributed by atoms with Crippen molar-refractivity contribution in [1.29, 1.82) is 0 Å². The number of amides is 1. The third-order valence-electron chi connectivity index (χ3n) is 3.46. The molecule has 3 rings (SSSR count). The maximum absolute atomic E-state index is 12.3. The first-order chi connectivity index (χ1) is 9.97. The van der Waals surface area contributed by atoms with Crippen LogP contribution in [0.3, 0.4) is 0 Å². The largest absolute Gasteiger partial charge is 0.344 e. The molecule has 2 aromatic rings. The lowest BCUT2D eigenvalue weighted by atomic mass is 10.1. The first kappa shape index (κ1) is 15.2.